The van der Waals surface area contributed by atoms with E-state index in [2.05, 4.69) is 26.8 Å². The second kappa shape index (κ2) is 5.67. The minimum Gasteiger partial charge on any atom is -0.383 e. The predicted molar refractivity (Wildman–Crippen MR) is 80.7 cm³/mol. The highest BCUT2D eigenvalue weighted by Gasteiger charge is 2.25. The standard InChI is InChI=1S/C13H21N5OS/c1-10-8-18-12(14-10)20-13(15-18)17-5-4-16(6-7-19-3)11(2)9-17/h8,11H,4-7,9H2,1-3H3. The highest BCUT2D eigenvalue weighted by molar-refractivity contribution is 7.20. The lowest BCUT2D eigenvalue weighted by molar-refractivity contribution is 0.117. The largest absolute Gasteiger partial charge is 0.383 e. The van der Waals surface area contributed by atoms with E-state index >= 15 is 0 Å². The van der Waals surface area contributed by atoms with Gasteiger partial charge in [0.25, 0.3) is 0 Å². The summed E-state index contributed by atoms with van der Waals surface area (Å²) in [6.45, 7) is 9.16. The van der Waals surface area contributed by atoms with Crippen molar-refractivity contribution in [2.24, 2.45) is 0 Å². The molecule has 3 rings (SSSR count). The van der Waals surface area contributed by atoms with Crippen LogP contribution in [-0.4, -0.2) is 65.4 Å². The van der Waals surface area contributed by atoms with Gasteiger partial charge in [0.1, 0.15) is 0 Å². The molecule has 0 aromatic carbocycles. The van der Waals surface area contributed by atoms with Crippen molar-refractivity contribution in [3.63, 3.8) is 0 Å². The van der Waals surface area contributed by atoms with E-state index in [0.29, 0.717) is 6.04 Å². The van der Waals surface area contributed by atoms with Gasteiger partial charge in [0.05, 0.1) is 18.5 Å². The van der Waals surface area contributed by atoms with E-state index in [1.54, 1.807) is 18.4 Å². The van der Waals surface area contributed by atoms with Crippen LogP contribution in [0, 0.1) is 6.92 Å². The van der Waals surface area contributed by atoms with Gasteiger partial charge in [-0.05, 0) is 13.8 Å². The molecule has 0 amide bonds. The number of ether oxygens (including phenoxy) is 1. The molecule has 3 heterocycles. The van der Waals surface area contributed by atoms with Crippen molar-refractivity contribution < 1.29 is 4.74 Å². The normalized spacial score (nSPS) is 20.9. The number of rotatable bonds is 4. The Balaban J connectivity index is 1.68. The Morgan fingerprint density at radius 3 is 3.00 bits per heavy atom. The van der Waals surface area contributed by atoms with E-state index in [9.17, 15) is 0 Å². The molecule has 2 aromatic heterocycles. The lowest BCUT2D eigenvalue weighted by Crippen LogP contribution is -2.52. The molecule has 20 heavy (non-hydrogen) atoms. The molecule has 0 N–H and O–H groups in total. The molecule has 0 spiro atoms. The van der Waals surface area contributed by atoms with Crippen LogP contribution in [0.5, 0.6) is 0 Å². The maximum atomic E-state index is 5.17. The zero-order valence-corrected chi connectivity index (χ0v) is 13.1. The molecule has 110 valence electrons. The van der Waals surface area contributed by atoms with Gasteiger partial charge in [0.2, 0.25) is 10.1 Å². The Hall–Kier alpha value is -1.18. The van der Waals surface area contributed by atoms with Crippen LogP contribution in [0.25, 0.3) is 4.96 Å². The molecule has 1 fully saturated rings. The number of imidazole rings is 1. The molecule has 6 nitrogen and oxygen atoms in total. The molecule has 1 saturated heterocycles. The van der Waals surface area contributed by atoms with E-state index in [1.807, 2.05) is 17.6 Å². The summed E-state index contributed by atoms with van der Waals surface area (Å²) in [5.41, 5.74) is 1.02. The first-order valence-corrected chi connectivity index (χ1v) is 7.80. The number of hydrogen-bond donors (Lipinski definition) is 0. The van der Waals surface area contributed by atoms with Gasteiger partial charge in [0, 0.05) is 39.3 Å². The quantitative estimate of drug-likeness (QED) is 0.849. The molecule has 0 bridgehead atoms. The van der Waals surface area contributed by atoms with Crippen molar-refractivity contribution in [3.05, 3.63) is 11.9 Å². The fourth-order valence-electron chi connectivity index (χ4n) is 2.64. The molecule has 1 aliphatic heterocycles. The van der Waals surface area contributed by atoms with Gasteiger partial charge < -0.3 is 9.64 Å². The SMILES string of the molecule is COCCN1CCN(c2nn3cc(C)nc3s2)CC1C. The van der Waals surface area contributed by atoms with Gasteiger partial charge >= 0.3 is 0 Å². The van der Waals surface area contributed by atoms with E-state index < -0.39 is 0 Å². The van der Waals surface area contributed by atoms with Gasteiger partial charge in [-0.15, -0.1) is 5.10 Å². The lowest BCUT2D eigenvalue weighted by atomic mass is 10.2. The summed E-state index contributed by atoms with van der Waals surface area (Å²) in [6, 6.07) is 0.525. The monoisotopic (exact) mass is 295 g/mol. The first kappa shape index (κ1) is 13.8. The molecular weight excluding hydrogens is 274 g/mol. The Labute approximate surface area is 123 Å². The topological polar surface area (TPSA) is 45.9 Å². The first-order valence-electron chi connectivity index (χ1n) is 6.98. The summed E-state index contributed by atoms with van der Waals surface area (Å²) >= 11 is 1.67. The van der Waals surface area contributed by atoms with Crippen LogP contribution < -0.4 is 4.90 Å². The molecule has 0 aliphatic carbocycles. The molecule has 1 aliphatic rings. The molecule has 0 saturated carbocycles. The van der Waals surface area contributed by atoms with Gasteiger partial charge in [-0.1, -0.05) is 11.3 Å². The van der Waals surface area contributed by atoms with Gasteiger partial charge in [-0.3, -0.25) is 4.90 Å². The van der Waals surface area contributed by atoms with Crippen molar-refractivity contribution in [2.45, 2.75) is 19.9 Å². The average Bonchev–Trinajstić information content (AvgIpc) is 2.94. The fraction of sp³-hybridized carbons (Fsp3) is 0.692. The zero-order chi connectivity index (χ0) is 14.1. The van der Waals surface area contributed by atoms with Crippen molar-refractivity contribution in [1.82, 2.24) is 19.5 Å². The summed E-state index contributed by atoms with van der Waals surface area (Å²) in [5, 5.41) is 5.71. The summed E-state index contributed by atoms with van der Waals surface area (Å²) in [4.78, 5) is 10.3. The van der Waals surface area contributed by atoms with Gasteiger partial charge in [-0.25, -0.2) is 9.50 Å². The predicted octanol–water partition coefficient (Wildman–Crippen LogP) is 1.26. The Morgan fingerprint density at radius 2 is 2.30 bits per heavy atom. The lowest BCUT2D eigenvalue weighted by Gasteiger charge is -2.39. The highest BCUT2D eigenvalue weighted by Crippen LogP contribution is 2.25. The van der Waals surface area contributed by atoms with Crippen LogP contribution in [0.3, 0.4) is 0 Å². The average molecular weight is 295 g/mol. The third-order valence-electron chi connectivity index (χ3n) is 3.77. The highest BCUT2D eigenvalue weighted by atomic mass is 32.1. The molecular formula is C13H21N5OS. The van der Waals surface area contributed by atoms with Crippen molar-refractivity contribution >= 4 is 21.4 Å². The minimum absolute atomic E-state index is 0.525. The number of aromatic nitrogens is 3. The van der Waals surface area contributed by atoms with E-state index in [4.69, 9.17) is 4.74 Å². The smallest absolute Gasteiger partial charge is 0.214 e. The third kappa shape index (κ3) is 2.65. The summed E-state index contributed by atoms with van der Waals surface area (Å²) in [7, 11) is 1.76. The fourth-order valence-corrected chi connectivity index (χ4v) is 3.60. The van der Waals surface area contributed by atoms with Gasteiger partial charge in [0.15, 0.2) is 0 Å². The molecule has 1 atom stereocenters. The zero-order valence-electron chi connectivity index (χ0n) is 12.2. The number of hydrogen-bond acceptors (Lipinski definition) is 6. The minimum atomic E-state index is 0.525. The number of aryl methyl sites for hydroxylation is 1. The summed E-state index contributed by atoms with van der Waals surface area (Å²) in [6.07, 6.45) is 1.98. The van der Waals surface area contributed by atoms with Crippen molar-refractivity contribution in [3.8, 4) is 0 Å². The van der Waals surface area contributed by atoms with Crippen molar-refractivity contribution in [1.29, 1.82) is 0 Å². The molecule has 0 radical (unpaired) electrons. The maximum Gasteiger partial charge on any atom is 0.214 e. The van der Waals surface area contributed by atoms with Crippen LogP contribution in [-0.2, 0) is 4.74 Å². The molecule has 7 heteroatoms. The van der Waals surface area contributed by atoms with Gasteiger partial charge in [-0.2, -0.15) is 0 Å². The Morgan fingerprint density at radius 1 is 1.45 bits per heavy atom. The number of anilines is 1. The Kier molecular flexibility index (Phi) is 3.91. The van der Waals surface area contributed by atoms with Crippen molar-refractivity contribution in [2.75, 3.05) is 44.8 Å². The molecule has 1 unspecified atom stereocenters. The van der Waals surface area contributed by atoms with Crippen LogP contribution in [0.4, 0.5) is 5.13 Å². The van der Waals surface area contributed by atoms with Crippen LogP contribution in [0.2, 0.25) is 0 Å². The Bertz CT molecular complexity index is 549. The number of piperazine rings is 1. The maximum absolute atomic E-state index is 5.17. The van der Waals surface area contributed by atoms with E-state index in [1.165, 1.54) is 0 Å². The first-order chi connectivity index (χ1) is 9.67. The van der Waals surface area contributed by atoms with Crippen LogP contribution in [0.15, 0.2) is 6.20 Å². The van der Waals surface area contributed by atoms with Crippen LogP contribution >= 0.6 is 11.3 Å². The molecule has 2 aromatic rings. The second-order valence-corrected chi connectivity index (χ2v) is 6.25. The number of fused-ring (bicyclic) bond motifs is 1. The summed E-state index contributed by atoms with van der Waals surface area (Å²) < 4.78 is 7.05. The van der Waals surface area contributed by atoms with Crippen LogP contribution in [0.1, 0.15) is 12.6 Å². The van der Waals surface area contributed by atoms with E-state index in [0.717, 1.165) is 48.6 Å². The number of methoxy groups -OCH3 is 1. The second-order valence-electron chi connectivity index (χ2n) is 5.32. The third-order valence-corrected chi connectivity index (χ3v) is 4.75. The summed E-state index contributed by atoms with van der Waals surface area (Å²) in [5.74, 6) is 0. The number of nitrogens with zero attached hydrogens (tertiary/aromatic N) is 5. The van der Waals surface area contributed by atoms with E-state index in [-0.39, 0.29) is 0 Å².